The number of anilines is 1. The van der Waals surface area contributed by atoms with Crippen LogP contribution in [0.3, 0.4) is 0 Å². The van der Waals surface area contributed by atoms with E-state index in [0.717, 1.165) is 11.1 Å². The summed E-state index contributed by atoms with van der Waals surface area (Å²) in [5.74, 6) is -0.231. The Labute approximate surface area is 201 Å². The monoisotopic (exact) mass is 469 g/mol. The molecule has 0 atom stereocenters. The van der Waals surface area contributed by atoms with E-state index in [0.29, 0.717) is 30.8 Å². The highest BCUT2D eigenvalue weighted by Gasteiger charge is 2.16. The molecule has 2 aromatic carbocycles. The van der Waals surface area contributed by atoms with E-state index in [-0.39, 0.29) is 5.91 Å². The molecule has 0 aliphatic carbocycles. The van der Waals surface area contributed by atoms with Gasteiger partial charge in [0.05, 0.1) is 0 Å². The maximum atomic E-state index is 12.5. The molecular formula is C26H35N3O5. The second-order valence-corrected chi connectivity index (χ2v) is 9.88. The number of hydrogen-bond acceptors (Lipinski definition) is 5. The van der Waals surface area contributed by atoms with Crippen LogP contribution < -0.4 is 16.0 Å². The second kappa shape index (κ2) is 11.5. The SMILES string of the molecule is CC(C)(C)OC(=O)NCCc1ccc(NC(=O)c2ccc(CNC(=O)OC(C)(C)C)cc2)cc1. The summed E-state index contributed by atoms with van der Waals surface area (Å²) in [6, 6.07) is 14.4. The predicted molar refractivity (Wildman–Crippen MR) is 132 cm³/mol. The quantitative estimate of drug-likeness (QED) is 0.527. The van der Waals surface area contributed by atoms with Crippen molar-refractivity contribution < 1.29 is 23.9 Å². The zero-order valence-corrected chi connectivity index (χ0v) is 20.8. The van der Waals surface area contributed by atoms with Crippen LogP contribution in [-0.2, 0) is 22.4 Å². The van der Waals surface area contributed by atoms with Gasteiger partial charge in [-0.25, -0.2) is 9.59 Å². The third kappa shape index (κ3) is 10.4. The molecule has 34 heavy (non-hydrogen) atoms. The van der Waals surface area contributed by atoms with E-state index in [4.69, 9.17) is 9.47 Å². The minimum atomic E-state index is -0.554. The Morgan fingerprint density at radius 3 is 1.74 bits per heavy atom. The molecule has 0 radical (unpaired) electrons. The number of benzene rings is 2. The molecule has 0 heterocycles. The summed E-state index contributed by atoms with van der Waals surface area (Å²) in [6.45, 7) is 11.6. The van der Waals surface area contributed by atoms with Gasteiger partial charge in [0, 0.05) is 24.3 Å². The summed E-state index contributed by atoms with van der Waals surface area (Å²) in [7, 11) is 0. The van der Waals surface area contributed by atoms with Crippen molar-refractivity contribution in [2.24, 2.45) is 0 Å². The molecule has 3 N–H and O–H groups in total. The van der Waals surface area contributed by atoms with Gasteiger partial charge in [0.2, 0.25) is 0 Å². The molecule has 2 rings (SSSR count). The van der Waals surface area contributed by atoms with E-state index in [1.807, 2.05) is 45.0 Å². The van der Waals surface area contributed by atoms with Gasteiger partial charge in [-0.15, -0.1) is 0 Å². The van der Waals surface area contributed by atoms with Gasteiger partial charge in [-0.05, 0) is 83.4 Å². The highest BCUT2D eigenvalue weighted by molar-refractivity contribution is 6.04. The highest BCUT2D eigenvalue weighted by Crippen LogP contribution is 2.13. The van der Waals surface area contributed by atoms with Gasteiger partial charge < -0.3 is 25.4 Å². The van der Waals surface area contributed by atoms with Crippen molar-refractivity contribution in [3.05, 3.63) is 65.2 Å². The van der Waals surface area contributed by atoms with Gasteiger partial charge in [-0.2, -0.15) is 0 Å². The number of carbonyl (C=O) groups is 3. The highest BCUT2D eigenvalue weighted by atomic mass is 16.6. The number of rotatable bonds is 7. The lowest BCUT2D eigenvalue weighted by atomic mass is 10.1. The average Bonchev–Trinajstić information content (AvgIpc) is 2.71. The Bertz CT molecular complexity index is 971. The minimum absolute atomic E-state index is 0.231. The number of amides is 3. The molecule has 0 unspecified atom stereocenters. The number of hydrogen-bond donors (Lipinski definition) is 3. The van der Waals surface area contributed by atoms with Crippen molar-refractivity contribution in [2.45, 2.75) is 65.7 Å². The Hall–Kier alpha value is -3.55. The summed E-state index contributed by atoms with van der Waals surface area (Å²) in [5, 5.41) is 8.27. The molecule has 0 aromatic heterocycles. The molecule has 184 valence electrons. The second-order valence-electron chi connectivity index (χ2n) is 9.88. The van der Waals surface area contributed by atoms with Crippen LogP contribution in [-0.4, -0.2) is 35.8 Å². The van der Waals surface area contributed by atoms with Gasteiger partial charge in [-0.3, -0.25) is 4.79 Å². The fourth-order valence-corrected chi connectivity index (χ4v) is 2.84. The van der Waals surface area contributed by atoms with Crippen LogP contribution in [0.25, 0.3) is 0 Å². The van der Waals surface area contributed by atoms with Gasteiger partial charge in [0.25, 0.3) is 5.91 Å². The lowest BCUT2D eigenvalue weighted by Crippen LogP contribution is -2.33. The summed E-state index contributed by atoms with van der Waals surface area (Å²) >= 11 is 0. The summed E-state index contributed by atoms with van der Waals surface area (Å²) in [6.07, 6.45) is -0.284. The normalized spacial score (nSPS) is 11.4. The molecule has 8 nitrogen and oxygen atoms in total. The van der Waals surface area contributed by atoms with Gasteiger partial charge in [0.15, 0.2) is 0 Å². The molecule has 2 aromatic rings. The molecule has 0 aliphatic rings. The van der Waals surface area contributed by atoms with Crippen molar-refractivity contribution in [1.82, 2.24) is 10.6 Å². The van der Waals surface area contributed by atoms with Crippen molar-refractivity contribution >= 4 is 23.8 Å². The van der Waals surface area contributed by atoms with Crippen LogP contribution in [0.15, 0.2) is 48.5 Å². The zero-order chi connectivity index (χ0) is 25.4. The van der Waals surface area contributed by atoms with Crippen LogP contribution in [0.4, 0.5) is 15.3 Å². The van der Waals surface area contributed by atoms with Crippen LogP contribution >= 0.6 is 0 Å². The average molecular weight is 470 g/mol. The molecule has 0 aliphatic heterocycles. The Morgan fingerprint density at radius 1 is 0.706 bits per heavy atom. The topological polar surface area (TPSA) is 106 Å². The lowest BCUT2D eigenvalue weighted by molar-refractivity contribution is 0.0514. The zero-order valence-electron chi connectivity index (χ0n) is 20.8. The molecule has 0 spiro atoms. The summed E-state index contributed by atoms with van der Waals surface area (Å²) < 4.78 is 10.4. The number of nitrogens with one attached hydrogen (secondary N) is 3. The van der Waals surface area contributed by atoms with Crippen molar-refractivity contribution in [3.63, 3.8) is 0 Å². The first-order valence-corrected chi connectivity index (χ1v) is 11.2. The summed E-state index contributed by atoms with van der Waals surface area (Å²) in [4.78, 5) is 36.0. The molecule has 0 saturated heterocycles. The lowest BCUT2D eigenvalue weighted by Gasteiger charge is -2.19. The van der Waals surface area contributed by atoms with Crippen molar-refractivity contribution in [3.8, 4) is 0 Å². The standard InChI is InChI=1S/C26H35N3O5/c1-25(2,3)33-23(31)27-16-15-18-9-13-21(14-10-18)29-22(30)20-11-7-19(8-12-20)17-28-24(32)34-26(4,5)6/h7-14H,15-17H2,1-6H3,(H,27,31)(H,28,32)(H,29,30). The van der Waals surface area contributed by atoms with E-state index in [9.17, 15) is 14.4 Å². The Morgan fingerprint density at radius 2 is 1.21 bits per heavy atom. The summed E-state index contributed by atoms with van der Waals surface area (Å²) in [5.41, 5.74) is 1.97. The number of carbonyl (C=O) groups excluding carboxylic acids is 3. The number of ether oxygens (including phenoxy) is 2. The van der Waals surface area contributed by atoms with E-state index in [1.54, 1.807) is 45.0 Å². The van der Waals surface area contributed by atoms with E-state index < -0.39 is 23.4 Å². The first-order valence-electron chi connectivity index (χ1n) is 11.2. The maximum Gasteiger partial charge on any atom is 0.407 e. The van der Waals surface area contributed by atoms with E-state index >= 15 is 0 Å². The molecular weight excluding hydrogens is 434 g/mol. The van der Waals surface area contributed by atoms with Gasteiger partial charge in [0.1, 0.15) is 11.2 Å². The first-order chi connectivity index (χ1) is 15.8. The van der Waals surface area contributed by atoms with E-state index in [1.165, 1.54) is 0 Å². The van der Waals surface area contributed by atoms with Crippen LogP contribution in [0.5, 0.6) is 0 Å². The smallest absolute Gasteiger partial charge is 0.407 e. The fraction of sp³-hybridized carbons (Fsp3) is 0.423. The van der Waals surface area contributed by atoms with Gasteiger partial charge in [-0.1, -0.05) is 24.3 Å². The van der Waals surface area contributed by atoms with Crippen molar-refractivity contribution in [1.29, 1.82) is 0 Å². The maximum absolute atomic E-state index is 12.5. The largest absolute Gasteiger partial charge is 0.444 e. The third-order valence-electron chi connectivity index (χ3n) is 4.35. The predicted octanol–water partition coefficient (Wildman–Crippen LogP) is 5.03. The van der Waals surface area contributed by atoms with Crippen LogP contribution in [0.2, 0.25) is 0 Å². The van der Waals surface area contributed by atoms with Crippen LogP contribution in [0, 0.1) is 0 Å². The minimum Gasteiger partial charge on any atom is -0.444 e. The molecule has 0 saturated carbocycles. The number of alkyl carbamates (subject to hydrolysis) is 2. The van der Waals surface area contributed by atoms with Gasteiger partial charge >= 0.3 is 12.2 Å². The Kier molecular flexibility index (Phi) is 9.06. The fourth-order valence-electron chi connectivity index (χ4n) is 2.84. The van der Waals surface area contributed by atoms with E-state index in [2.05, 4.69) is 16.0 Å². The molecule has 8 heteroatoms. The van der Waals surface area contributed by atoms with Crippen LogP contribution in [0.1, 0.15) is 63.0 Å². The first kappa shape index (κ1) is 26.7. The molecule has 0 fully saturated rings. The van der Waals surface area contributed by atoms with Crippen molar-refractivity contribution in [2.75, 3.05) is 11.9 Å². The molecule has 3 amide bonds. The molecule has 0 bridgehead atoms. The Balaban J connectivity index is 1.79. The third-order valence-corrected chi connectivity index (χ3v) is 4.35.